The molecule has 0 aliphatic carbocycles. The molecule has 0 saturated carbocycles. The highest BCUT2D eigenvalue weighted by atomic mass is 35.5. The smallest absolute Gasteiger partial charge is 0.340 e. The minimum atomic E-state index is -0.969. The summed E-state index contributed by atoms with van der Waals surface area (Å²) in [4.78, 5) is 39.2. The fourth-order valence-corrected chi connectivity index (χ4v) is 4.34. The summed E-state index contributed by atoms with van der Waals surface area (Å²) in [6.07, 6.45) is 0.456. The lowest BCUT2D eigenvalue weighted by Crippen LogP contribution is -2.45. The topological polar surface area (TPSA) is 121 Å². The van der Waals surface area contributed by atoms with E-state index in [-0.39, 0.29) is 46.2 Å². The number of nitriles is 1. The van der Waals surface area contributed by atoms with Gasteiger partial charge in [0.2, 0.25) is 0 Å². The molecule has 1 aliphatic rings. The van der Waals surface area contributed by atoms with Crippen molar-refractivity contribution in [2.24, 2.45) is 0 Å². The van der Waals surface area contributed by atoms with Gasteiger partial charge in [-0.1, -0.05) is 41.4 Å². The Balaban J connectivity index is 1.61. The van der Waals surface area contributed by atoms with E-state index < -0.39 is 23.9 Å². The molecule has 1 unspecified atom stereocenters. The van der Waals surface area contributed by atoms with Gasteiger partial charge in [-0.2, -0.15) is 5.26 Å². The number of imide groups is 1. The highest BCUT2D eigenvalue weighted by Crippen LogP contribution is 2.31. The van der Waals surface area contributed by atoms with Crippen LogP contribution in [-0.4, -0.2) is 40.4 Å². The van der Waals surface area contributed by atoms with Crippen molar-refractivity contribution in [1.82, 2.24) is 4.90 Å². The lowest BCUT2D eigenvalue weighted by atomic mass is 9.94. The average Bonchev–Trinajstić information content (AvgIpc) is 3.37. The van der Waals surface area contributed by atoms with Crippen molar-refractivity contribution in [2.45, 2.75) is 26.6 Å². The van der Waals surface area contributed by atoms with E-state index in [0.717, 1.165) is 4.90 Å². The molecule has 4 rings (SSSR count). The van der Waals surface area contributed by atoms with Gasteiger partial charge < -0.3 is 14.3 Å². The molecule has 39 heavy (non-hydrogen) atoms. The first-order valence-corrected chi connectivity index (χ1v) is 12.5. The molecule has 3 aromatic rings. The van der Waals surface area contributed by atoms with Crippen LogP contribution in [0.1, 0.15) is 35.5 Å². The van der Waals surface area contributed by atoms with Crippen LogP contribution in [0.5, 0.6) is 0 Å². The number of benzene rings is 2. The van der Waals surface area contributed by atoms with Crippen LogP contribution >= 0.6 is 23.2 Å². The predicted molar refractivity (Wildman–Crippen MR) is 144 cm³/mol. The van der Waals surface area contributed by atoms with Crippen LogP contribution in [0.4, 0.5) is 0 Å². The number of hydrogen-bond donors (Lipinski definition) is 1. The zero-order chi connectivity index (χ0) is 28.3. The summed E-state index contributed by atoms with van der Waals surface area (Å²) in [7, 11) is 0. The van der Waals surface area contributed by atoms with Crippen molar-refractivity contribution in [3.8, 4) is 17.4 Å². The van der Waals surface area contributed by atoms with Crippen LogP contribution in [0, 0.1) is 11.3 Å². The Morgan fingerprint density at radius 2 is 1.87 bits per heavy atom. The molecular formula is C29H22Cl2N2O6. The number of ether oxygens (including phenoxy) is 1. The summed E-state index contributed by atoms with van der Waals surface area (Å²) in [5.74, 6) is -1.40. The minimum absolute atomic E-state index is 0.0301. The van der Waals surface area contributed by atoms with Crippen molar-refractivity contribution < 1.29 is 28.6 Å². The van der Waals surface area contributed by atoms with E-state index in [1.165, 1.54) is 26.0 Å². The molecular weight excluding hydrogens is 543 g/mol. The molecule has 2 heterocycles. The molecule has 0 radical (unpaired) electrons. The number of amides is 2. The molecule has 1 aromatic heterocycles. The van der Waals surface area contributed by atoms with Crippen LogP contribution in [0.15, 0.2) is 75.7 Å². The maximum absolute atomic E-state index is 13.0. The number of β-amino-alcohol motifs (C(OH)–C–C–N with tert-alkyl or cyclic N) is 1. The van der Waals surface area contributed by atoms with Gasteiger partial charge in [0.25, 0.3) is 11.8 Å². The molecule has 1 N–H and O–H groups in total. The normalized spacial score (nSPS) is 15.5. The van der Waals surface area contributed by atoms with Gasteiger partial charge in [0, 0.05) is 21.7 Å². The molecule has 1 aliphatic heterocycles. The van der Waals surface area contributed by atoms with Gasteiger partial charge in [0.15, 0.2) is 0 Å². The standard InChI is InChI=1S/C29H22Cl2N2O6/c1-16(34)14-33-27(35)21(17(2)23(13-32)28(33)36)12-20-8-10-26(39-20)18-7-9-25(31)22(11-18)29(37)38-15-19-5-3-4-6-24(19)30/h3-12,16,34H,14-15H2,1-2H3/b21-12-. The molecule has 1 atom stereocenters. The number of furan rings is 1. The highest BCUT2D eigenvalue weighted by Gasteiger charge is 2.36. The second-order valence-corrected chi connectivity index (χ2v) is 9.62. The molecule has 0 spiro atoms. The molecule has 2 amide bonds. The molecule has 2 aromatic carbocycles. The van der Waals surface area contributed by atoms with Gasteiger partial charge >= 0.3 is 5.97 Å². The van der Waals surface area contributed by atoms with Crippen LogP contribution in [0.25, 0.3) is 17.4 Å². The van der Waals surface area contributed by atoms with E-state index in [9.17, 15) is 24.8 Å². The third kappa shape index (κ3) is 5.96. The fourth-order valence-electron chi connectivity index (χ4n) is 3.96. The molecule has 8 nitrogen and oxygen atoms in total. The lowest BCUT2D eigenvalue weighted by molar-refractivity contribution is -0.141. The quantitative estimate of drug-likeness (QED) is 0.225. The number of halogens is 2. The van der Waals surface area contributed by atoms with Gasteiger partial charge in [0.1, 0.15) is 29.8 Å². The molecule has 0 bridgehead atoms. The Hall–Kier alpha value is -4.16. The lowest BCUT2D eigenvalue weighted by Gasteiger charge is -2.28. The highest BCUT2D eigenvalue weighted by molar-refractivity contribution is 6.33. The van der Waals surface area contributed by atoms with Crippen LogP contribution in [0.3, 0.4) is 0 Å². The first kappa shape index (κ1) is 27.9. The average molecular weight is 565 g/mol. The van der Waals surface area contributed by atoms with Crippen molar-refractivity contribution >= 4 is 47.1 Å². The monoisotopic (exact) mass is 564 g/mol. The summed E-state index contributed by atoms with van der Waals surface area (Å²) in [6.45, 7) is 2.66. The number of aliphatic hydroxyl groups excluding tert-OH is 1. The third-order valence-corrected chi connectivity index (χ3v) is 6.67. The van der Waals surface area contributed by atoms with E-state index in [2.05, 4.69) is 0 Å². The maximum Gasteiger partial charge on any atom is 0.340 e. The Labute approximate surface area is 234 Å². The van der Waals surface area contributed by atoms with Crippen LogP contribution in [-0.2, 0) is 20.9 Å². The van der Waals surface area contributed by atoms with E-state index >= 15 is 0 Å². The molecule has 198 valence electrons. The second kappa shape index (κ2) is 11.7. The summed E-state index contributed by atoms with van der Waals surface area (Å²) in [5, 5.41) is 19.9. The first-order valence-electron chi connectivity index (χ1n) is 11.8. The van der Waals surface area contributed by atoms with Gasteiger partial charge in [-0.15, -0.1) is 0 Å². The SMILES string of the molecule is CC1=C(C#N)C(=O)N(CC(C)O)C(=O)/C1=C\c1ccc(-c2ccc(Cl)c(C(=O)OCc3ccccc3Cl)c2)o1. The number of esters is 1. The van der Waals surface area contributed by atoms with Crippen LogP contribution in [0.2, 0.25) is 10.0 Å². The number of carbonyl (C=O) groups is 3. The van der Waals surface area contributed by atoms with Gasteiger partial charge in [-0.25, -0.2) is 4.79 Å². The van der Waals surface area contributed by atoms with E-state index in [1.54, 1.807) is 48.5 Å². The Bertz CT molecular complexity index is 1580. The van der Waals surface area contributed by atoms with Gasteiger partial charge in [0.05, 0.1) is 23.2 Å². The van der Waals surface area contributed by atoms with Crippen molar-refractivity contribution in [2.75, 3.05) is 6.54 Å². The van der Waals surface area contributed by atoms with Gasteiger partial charge in [-0.3, -0.25) is 14.5 Å². The number of hydrogen-bond acceptors (Lipinski definition) is 7. The summed E-state index contributed by atoms with van der Waals surface area (Å²) in [5.41, 5.74) is 1.42. The van der Waals surface area contributed by atoms with E-state index in [4.69, 9.17) is 32.4 Å². The van der Waals surface area contributed by atoms with E-state index in [1.807, 2.05) is 6.07 Å². The minimum Gasteiger partial charge on any atom is -0.457 e. The van der Waals surface area contributed by atoms with Crippen LogP contribution < -0.4 is 0 Å². The largest absolute Gasteiger partial charge is 0.457 e. The Morgan fingerprint density at radius 1 is 1.13 bits per heavy atom. The number of rotatable bonds is 7. The number of nitrogens with zero attached hydrogens (tertiary/aromatic N) is 2. The molecule has 10 heteroatoms. The fraction of sp³-hybridized carbons (Fsp3) is 0.172. The van der Waals surface area contributed by atoms with E-state index in [0.29, 0.717) is 21.9 Å². The predicted octanol–water partition coefficient (Wildman–Crippen LogP) is 5.58. The van der Waals surface area contributed by atoms with Crippen molar-refractivity contribution in [3.05, 3.63) is 98.2 Å². The van der Waals surface area contributed by atoms with Crippen molar-refractivity contribution in [3.63, 3.8) is 0 Å². The third-order valence-electron chi connectivity index (χ3n) is 5.97. The summed E-state index contributed by atoms with van der Waals surface area (Å²) in [6, 6.07) is 16.8. The van der Waals surface area contributed by atoms with Crippen molar-refractivity contribution in [1.29, 1.82) is 5.26 Å². The molecule has 0 fully saturated rings. The summed E-state index contributed by atoms with van der Waals surface area (Å²) >= 11 is 12.4. The summed E-state index contributed by atoms with van der Waals surface area (Å²) < 4.78 is 11.3. The number of aliphatic hydroxyl groups is 1. The second-order valence-electron chi connectivity index (χ2n) is 8.80. The first-order chi connectivity index (χ1) is 18.6. The number of carbonyl (C=O) groups excluding carboxylic acids is 3. The zero-order valence-electron chi connectivity index (χ0n) is 20.9. The zero-order valence-corrected chi connectivity index (χ0v) is 22.4. The molecule has 0 saturated heterocycles. The maximum atomic E-state index is 13.0. The van der Waals surface area contributed by atoms with Gasteiger partial charge in [-0.05, 0) is 61.9 Å². The Morgan fingerprint density at radius 3 is 2.56 bits per heavy atom. The Kier molecular flexibility index (Phi) is 8.36.